The zero-order chi connectivity index (χ0) is 15.5. The van der Waals surface area contributed by atoms with E-state index in [1.165, 1.54) is 11.4 Å². The van der Waals surface area contributed by atoms with E-state index in [2.05, 4.69) is 5.32 Å². The second-order valence-corrected chi connectivity index (χ2v) is 7.10. The third-order valence-electron chi connectivity index (χ3n) is 3.75. The molecule has 0 aliphatic carbocycles. The molecule has 1 fully saturated rings. The Bertz CT molecular complexity index is 609. The Morgan fingerprint density at radius 2 is 2.14 bits per heavy atom. The Kier molecular flexibility index (Phi) is 4.97. The third-order valence-corrected chi connectivity index (χ3v) is 5.60. The van der Waals surface area contributed by atoms with Crippen LogP contribution in [0.25, 0.3) is 0 Å². The fourth-order valence-corrected chi connectivity index (χ4v) is 3.91. The number of nitrogens with one attached hydrogen (secondary N) is 1. The van der Waals surface area contributed by atoms with Gasteiger partial charge in [-0.05, 0) is 24.6 Å². The van der Waals surface area contributed by atoms with Gasteiger partial charge in [0.25, 0.3) is 0 Å². The SMILES string of the molecule is COC(=O)c1ccccc1CS(=O)(=O)N(C)C1CCNC1. The summed E-state index contributed by atoms with van der Waals surface area (Å²) in [7, 11) is -0.603. The van der Waals surface area contributed by atoms with Crippen LogP contribution in [0.15, 0.2) is 24.3 Å². The average molecular weight is 312 g/mol. The van der Waals surface area contributed by atoms with Crippen LogP contribution in [0.1, 0.15) is 22.3 Å². The highest BCUT2D eigenvalue weighted by molar-refractivity contribution is 7.88. The summed E-state index contributed by atoms with van der Waals surface area (Å²) >= 11 is 0. The van der Waals surface area contributed by atoms with Crippen molar-refractivity contribution in [2.75, 3.05) is 27.2 Å². The minimum Gasteiger partial charge on any atom is -0.465 e. The lowest BCUT2D eigenvalue weighted by atomic mass is 10.1. The summed E-state index contributed by atoms with van der Waals surface area (Å²) < 4.78 is 31.1. The van der Waals surface area contributed by atoms with Crippen molar-refractivity contribution in [3.63, 3.8) is 0 Å². The highest BCUT2D eigenvalue weighted by Crippen LogP contribution is 2.18. The maximum Gasteiger partial charge on any atom is 0.338 e. The van der Waals surface area contributed by atoms with Crippen LogP contribution < -0.4 is 5.32 Å². The molecule has 0 saturated carbocycles. The molecule has 1 heterocycles. The number of hydrogen-bond acceptors (Lipinski definition) is 5. The quantitative estimate of drug-likeness (QED) is 0.806. The standard InChI is InChI=1S/C14H20N2O4S/c1-16(12-7-8-15-9-12)21(18,19)10-11-5-3-4-6-13(11)14(17)20-2/h3-6,12,15H,7-10H2,1-2H3. The van der Waals surface area contributed by atoms with Gasteiger partial charge in [-0.1, -0.05) is 18.2 Å². The van der Waals surface area contributed by atoms with E-state index in [1.807, 2.05) is 0 Å². The van der Waals surface area contributed by atoms with E-state index < -0.39 is 16.0 Å². The van der Waals surface area contributed by atoms with Gasteiger partial charge in [0.05, 0.1) is 18.4 Å². The molecule has 2 rings (SSSR count). The van der Waals surface area contributed by atoms with Gasteiger partial charge < -0.3 is 10.1 Å². The number of rotatable bonds is 5. The topological polar surface area (TPSA) is 75.7 Å². The highest BCUT2D eigenvalue weighted by atomic mass is 32.2. The molecule has 116 valence electrons. The Morgan fingerprint density at radius 3 is 2.76 bits per heavy atom. The minimum absolute atomic E-state index is 0.0275. The van der Waals surface area contributed by atoms with Crippen molar-refractivity contribution in [2.24, 2.45) is 0 Å². The number of carbonyl (C=O) groups is 1. The summed E-state index contributed by atoms with van der Waals surface area (Å²) in [6.07, 6.45) is 0.800. The maximum atomic E-state index is 12.5. The number of methoxy groups -OCH3 is 1. The molecule has 0 bridgehead atoms. The average Bonchev–Trinajstić information content (AvgIpc) is 3.00. The number of nitrogens with zero attached hydrogens (tertiary/aromatic N) is 1. The van der Waals surface area contributed by atoms with E-state index in [-0.39, 0.29) is 11.8 Å². The van der Waals surface area contributed by atoms with Gasteiger partial charge in [0.15, 0.2) is 0 Å². The minimum atomic E-state index is -3.48. The van der Waals surface area contributed by atoms with Crippen LogP contribution in [0.5, 0.6) is 0 Å². The molecule has 1 saturated heterocycles. The summed E-state index contributed by atoms with van der Waals surface area (Å²) in [4.78, 5) is 11.7. The van der Waals surface area contributed by atoms with Crippen LogP contribution in [0.3, 0.4) is 0 Å². The number of ether oxygens (including phenoxy) is 1. The van der Waals surface area contributed by atoms with Gasteiger partial charge in [-0.3, -0.25) is 0 Å². The number of hydrogen-bond donors (Lipinski definition) is 1. The summed E-state index contributed by atoms with van der Waals surface area (Å²) in [6.45, 7) is 1.48. The molecule has 0 amide bonds. The lowest BCUT2D eigenvalue weighted by molar-refractivity contribution is 0.0600. The molecular formula is C14H20N2O4S. The lowest BCUT2D eigenvalue weighted by Gasteiger charge is -2.23. The van der Waals surface area contributed by atoms with Crippen LogP contribution in [-0.4, -0.2) is 52.0 Å². The van der Waals surface area contributed by atoms with E-state index in [0.29, 0.717) is 17.7 Å². The van der Waals surface area contributed by atoms with Crippen molar-refractivity contribution >= 4 is 16.0 Å². The first kappa shape index (κ1) is 15.9. The number of carbonyl (C=O) groups excluding carboxylic acids is 1. The van der Waals surface area contributed by atoms with Gasteiger partial charge in [-0.25, -0.2) is 17.5 Å². The van der Waals surface area contributed by atoms with Gasteiger partial charge in [-0.2, -0.15) is 0 Å². The summed E-state index contributed by atoms with van der Waals surface area (Å²) in [6, 6.07) is 6.60. The fourth-order valence-electron chi connectivity index (χ4n) is 2.43. The first-order valence-electron chi connectivity index (χ1n) is 6.78. The molecule has 1 unspecified atom stereocenters. The van der Waals surface area contributed by atoms with Crippen LogP contribution in [-0.2, 0) is 20.5 Å². The van der Waals surface area contributed by atoms with Crippen LogP contribution in [0.2, 0.25) is 0 Å². The zero-order valence-electron chi connectivity index (χ0n) is 12.2. The molecule has 0 aromatic heterocycles. The number of sulfonamides is 1. The smallest absolute Gasteiger partial charge is 0.338 e. The van der Waals surface area contributed by atoms with Crippen molar-refractivity contribution in [1.82, 2.24) is 9.62 Å². The molecule has 1 aliphatic heterocycles. The third kappa shape index (κ3) is 3.61. The Hall–Kier alpha value is -1.44. The number of benzene rings is 1. The first-order valence-corrected chi connectivity index (χ1v) is 8.39. The van der Waals surface area contributed by atoms with Crippen molar-refractivity contribution in [3.05, 3.63) is 35.4 Å². The van der Waals surface area contributed by atoms with Crippen molar-refractivity contribution in [1.29, 1.82) is 0 Å². The first-order chi connectivity index (χ1) is 9.95. The predicted molar refractivity (Wildman–Crippen MR) is 79.4 cm³/mol. The van der Waals surface area contributed by atoms with E-state index in [0.717, 1.165) is 13.0 Å². The number of likely N-dealkylation sites (N-methyl/N-ethyl adjacent to an activating group) is 1. The monoisotopic (exact) mass is 312 g/mol. The number of esters is 1. The second kappa shape index (κ2) is 6.55. The van der Waals surface area contributed by atoms with E-state index in [1.54, 1.807) is 31.3 Å². The molecular weight excluding hydrogens is 292 g/mol. The predicted octanol–water partition coefficient (Wildman–Crippen LogP) is 0.597. The molecule has 21 heavy (non-hydrogen) atoms. The van der Waals surface area contributed by atoms with E-state index in [9.17, 15) is 13.2 Å². The molecule has 0 spiro atoms. The molecule has 1 aromatic carbocycles. The molecule has 6 nitrogen and oxygen atoms in total. The van der Waals surface area contributed by atoms with Crippen molar-refractivity contribution < 1.29 is 17.9 Å². The lowest BCUT2D eigenvalue weighted by Crippen LogP contribution is -2.39. The molecule has 1 aromatic rings. The van der Waals surface area contributed by atoms with Crippen molar-refractivity contribution in [3.8, 4) is 0 Å². The summed E-state index contributed by atoms with van der Waals surface area (Å²) in [5, 5.41) is 3.15. The Morgan fingerprint density at radius 1 is 1.43 bits per heavy atom. The molecule has 7 heteroatoms. The van der Waals surface area contributed by atoms with Gasteiger partial charge in [-0.15, -0.1) is 0 Å². The van der Waals surface area contributed by atoms with Crippen LogP contribution in [0, 0.1) is 0 Å². The fraction of sp³-hybridized carbons (Fsp3) is 0.500. The molecule has 0 radical (unpaired) electrons. The van der Waals surface area contributed by atoms with Crippen molar-refractivity contribution in [2.45, 2.75) is 18.2 Å². The van der Waals surface area contributed by atoms with Gasteiger partial charge in [0.2, 0.25) is 10.0 Å². The van der Waals surface area contributed by atoms with Gasteiger partial charge in [0.1, 0.15) is 0 Å². The normalized spacial score (nSPS) is 18.9. The molecule has 1 aliphatic rings. The summed E-state index contributed by atoms with van der Waals surface area (Å²) in [5.41, 5.74) is 0.753. The van der Waals surface area contributed by atoms with Gasteiger partial charge in [0, 0.05) is 19.6 Å². The van der Waals surface area contributed by atoms with Crippen LogP contribution in [0.4, 0.5) is 0 Å². The Balaban J connectivity index is 2.22. The zero-order valence-corrected chi connectivity index (χ0v) is 13.0. The Labute approximate surface area is 125 Å². The van der Waals surface area contributed by atoms with E-state index >= 15 is 0 Å². The van der Waals surface area contributed by atoms with Gasteiger partial charge >= 0.3 is 5.97 Å². The highest BCUT2D eigenvalue weighted by Gasteiger charge is 2.29. The maximum absolute atomic E-state index is 12.5. The second-order valence-electron chi connectivity index (χ2n) is 5.07. The molecule has 1 atom stereocenters. The van der Waals surface area contributed by atoms with Crippen LogP contribution >= 0.6 is 0 Å². The largest absolute Gasteiger partial charge is 0.465 e. The molecule has 1 N–H and O–H groups in total. The van der Waals surface area contributed by atoms with E-state index in [4.69, 9.17) is 4.74 Å². The summed E-state index contributed by atoms with van der Waals surface area (Å²) in [5.74, 6) is -0.725.